The highest BCUT2D eigenvalue weighted by atomic mass is 35.5. The lowest BCUT2D eigenvalue weighted by Gasteiger charge is -2.31. The van der Waals surface area contributed by atoms with Crippen LogP contribution >= 0.6 is 11.6 Å². The monoisotopic (exact) mass is 308 g/mol. The van der Waals surface area contributed by atoms with Gasteiger partial charge in [-0.15, -0.1) is 0 Å². The van der Waals surface area contributed by atoms with Gasteiger partial charge in [0.05, 0.1) is 13.2 Å². The number of benzene rings is 2. The molecular formula is C17H18ClFO2. The van der Waals surface area contributed by atoms with Crippen LogP contribution < -0.4 is 0 Å². The third kappa shape index (κ3) is 3.43. The van der Waals surface area contributed by atoms with Crippen LogP contribution in [0.3, 0.4) is 0 Å². The SMILES string of the molecule is Cc1cccc(C(CO)(CO)Cc2cc(F)ccc2Cl)c1. The lowest BCUT2D eigenvalue weighted by Crippen LogP contribution is -2.37. The Morgan fingerprint density at radius 3 is 2.43 bits per heavy atom. The van der Waals surface area contributed by atoms with Crippen molar-refractivity contribution in [1.82, 2.24) is 0 Å². The lowest BCUT2D eigenvalue weighted by molar-refractivity contribution is 0.116. The maximum Gasteiger partial charge on any atom is 0.123 e. The predicted molar refractivity (Wildman–Crippen MR) is 82.1 cm³/mol. The Kier molecular flexibility index (Phi) is 4.99. The van der Waals surface area contributed by atoms with E-state index in [1.54, 1.807) is 0 Å². The minimum absolute atomic E-state index is 0.250. The van der Waals surface area contributed by atoms with Crippen LogP contribution in [0.15, 0.2) is 42.5 Å². The van der Waals surface area contributed by atoms with Crippen molar-refractivity contribution in [2.45, 2.75) is 18.8 Å². The van der Waals surface area contributed by atoms with Crippen LogP contribution in [-0.2, 0) is 11.8 Å². The molecule has 0 atom stereocenters. The molecule has 2 N–H and O–H groups in total. The van der Waals surface area contributed by atoms with E-state index >= 15 is 0 Å². The molecule has 0 unspecified atom stereocenters. The van der Waals surface area contributed by atoms with Crippen LogP contribution in [-0.4, -0.2) is 23.4 Å². The Balaban J connectivity index is 2.45. The molecule has 0 bridgehead atoms. The predicted octanol–water partition coefficient (Wildman–Crippen LogP) is 3.25. The summed E-state index contributed by atoms with van der Waals surface area (Å²) in [6.07, 6.45) is 0.264. The zero-order valence-electron chi connectivity index (χ0n) is 11.8. The summed E-state index contributed by atoms with van der Waals surface area (Å²) in [6, 6.07) is 11.7. The molecule has 0 saturated heterocycles. The van der Waals surface area contributed by atoms with Gasteiger partial charge in [-0.25, -0.2) is 4.39 Å². The van der Waals surface area contributed by atoms with Gasteiger partial charge in [0, 0.05) is 10.4 Å². The number of aliphatic hydroxyl groups excluding tert-OH is 2. The van der Waals surface area contributed by atoms with Crippen molar-refractivity contribution in [2.24, 2.45) is 0 Å². The van der Waals surface area contributed by atoms with Gasteiger partial charge in [0.2, 0.25) is 0 Å². The molecule has 0 aliphatic carbocycles. The maximum absolute atomic E-state index is 13.4. The lowest BCUT2D eigenvalue weighted by atomic mass is 9.76. The first-order valence-electron chi connectivity index (χ1n) is 6.73. The molecule has 2 aromatic rings. The molecule has 0 aliphatic heterocycles. The summed E-state index contributed by atoms with van der Waals surface area (Å²) in [5.74, 6) is -0.386. The van der Waals surface area contributed by atoms with Gasteiger partial charge in [-0.05, 0) is 42.7 Å². The molecule has 0 spiro atoms. The fourth-order valence-electron chi connectivity index (χ4n) is 2.46. The standard InChI is InChI=1S/C17H18ClFO2/c1-12-3-2-4-14(7-12)17(10-20,11-21)9-13-8-15(19)5-6-16(13)18/h2-8,20-21H,9-11H2,1H3. The molecule has 2 nitrogen and oxygen atoms in total. The molecule has 0 saturated carbocycles. The summed E-state index contributed by atoms with van der Waals surface area (Å²) in [7, 11) is 0. The van der Waals surface area contributed by atoms with Crippen LogP contribution in [0.2, 0.25) is 5.02 Å². The van der Waals surface area contributed by atoms with Gasteiger partial charge in [-0.2, -0.15) is 0 Å². The minimum Gasteiger partial charge on any atom is -0.395 e. The van der Waals surface area contributed by atoms with E-state index in [-0.39, 0.29) is 25.5 Å². The van der Waals surface area contributed by atoms with Gasteiger partial charge in [-0.1, -0.05) is 41.4 Å². The molecule has 0 amide bonds. The Hall–Kier alpha value is -1.42. The molecular weight excluding hydrogens is 291 g/mol. The van der Waals surface area contributed by atoms with E-state index in [1.807, 2.05) is 31.2 Å². The summed E-state index contributed by atoms with van der Waals surface area (Å²) in [5.41, 5.74) is 1.53. The second-order valence-electron chi connectivity index (χ2n) is 5.38. The largest absolute Gasteiger partial charge is 0.395 e. The first-order valence-corrected chi connectivity index (χ1v) is 7.11. The van der Waals surface area contributed by atoms with Crippen molar-refractivity contribution in [3.05, 3.63) is 70.0 Å². The number of hydrogen-bond donors (Lipinski definition) is 2. The highest BCUT2D eigenvalue weighted by Gasteiger charge is 2.32. The Labute approximate surface area is 128 Å². The third-order valence-electron chi connectivity index (χ3n) is 3.77. The quantitative estimate of drug-likeness (QED) is 0.890. The first kappa shape index (κ1) is 16.0. The van der Waals surface area contributed by atoms with Gasteiger partial charge < -0.3 is 10.2 Å². The summed E-state index contributed by atoms with van der Waals surface area (Å²) in [4.78, 5) is 0. The summed E-state index contributed by atoms with van der Waals surface area (Å²) in [6.45, 7) is 1.44. The number of hydrogen-bond acceptors (Lipinski definition) is 2. The van der Waals surface area contributed by atoms with Crippen molar-refractivity contribution in [3.8, 4) is 0 Å². The molecule has 0 radical (unpaired) electrons. The van der Waals surface area contributed by atoms with E-state index < -0.39 is 5.41 Å². The van der Waals surface area contributed by atoms with E-state index in [0.717, 1.165) is 11.1 Å². The normalized spacial score (nSPS) is 11.7. The van der Waals surface area contributed by atoms with Crippen molar-refractivity contribution < 1.29 is 14.6 Å². The minimum atomic E-state index is -0.885. The Morgan fingerprint density at radius 1 is 1.10 bits per heavy atom. The fourth-order valence-corrected chi connectivity index (χ4v) is 2.65. The zero-order valence-corrected chi connectivity index (χ0v) is 12.6. The van der Waals surface area contributed by atoms with E-state index in [1.165, 1.54) is 18.2 Å². The van der Waals surface area contributed by atoms with Crippen molar-refractivity contribution in [3.63, 3.8) is 0 Å². The van der Waals surface area contributed by atoms with Gasteiger partial charge in [0.15, 0.2) is 0 Å². The average molecular weight is 309 g/mol. The second-order valence-corrected chi connectivity index (χ2v) is 5.79. The molecule has 0 heterocycles. The van der Waals surface area contributed by atoms with Crippen LogP contribution in [0.4, 0.5) is 4.39 Å². The number of aryl methyl sites for hydroxylation is 1. The Morgan fingerprint density at radius 2 is 1.81 bits per heavy atom. The van der Waals surface area contributed by atoms with Crippen LogP contribution in [0.25, 0.3) is 0 Å². The summed E-state index contributed by atoms with van der Waals surface area (Å²) < 4.78 is 13.4. The molecule has 2 aromatic carbocycles. The van der Waals surface area contributed by atoms with Gasteiger partial charge >= 0.3 is 0 Å². The number of rotatable bonds is 5. The number of halogens is 2. The Bertz CT molecular complexity index is 624. The topological polar surface area (TPSA) is 40.5 Å². The summed E-state index contributed by atoms with van der Waals surface area (Å²) in [5, 5.41) is 20.1. The average Bonchev–Trinajstić information content (AvgIpc) is 2.48. The van der Waals surface area contributed by atoms with E-state index in [4.69, 9.17) is 11.6 Å². The molecule has 0 aliphatic rings. The van der Waals surface area contributed by atoms with Gasteiger partial charge in [0.25, 0.3) is 0 Å². The third-order valence-corrected chi connectivity index (χ3v) is 4.14. The highest BCUT2D eigenvalue weighted by Crippen LogP contribution is 2.31. The fraction of sp³-hybridized carbons (Fsp3) is 0.294. The van der Waals surface area contributed by atoms with Crippen molar-refractivity contribution in [2.75, 3.05) is 13.2 Å². The maximum atomic E-state index is 13.4. The van der Waals surface area contributed by atoms with E-state index in [0.29, 0.717) is 10.6 Å². The van der Waals surface area contributed by atoms with Gasteiger partial charge in [-0.3, -0.25) is 0 Å². The molecule has 2 rings (SSSR count). The molecule has 21 heavy (non-hydrogen) atoms. The van der Waals surface area contributed by atoms with Crippen molar-refractivity contribution in [1.29, 1.82) is 0 Å². The van der Waals surface area contributed by atoms with E-state index in [9.17, 15) is 14.6 Å². The van der Waals surface area contributed by atoms with Gasteiger partial charge in [0.1, 0.15) is 5.82 Å². The molecule has 4 heteroatoms. The molecule has 0 fully saturated rings. The van der Waals surface area contributed by atoms with Crippen LogP contribution in [0, 0.1) is 12.7 Å². The van der Waals surface area contributed by atoms with E-state index in [2.05, 4.69) is 0 Å². The highest BCUT2D eigenvalue weighted by molar-refractivity contribution is 6.31. The smallest absolute Gasteiger partial charge is 0.123 e. The first-order chi connectivity index (χ1) is 10.0. The second kappa shape index (κ2) is 6.56. The summed E-state index contributed by atoms with van der Waals surface area (Å²) >= 11 is 6.11. The van der Waals surface area contributed by atoms with Crippen LogP contribution in [0.5, 0.6) is 0 Å². The van der Waals surface area contributed by atoms with Crippen molar-refractivity contribution >= 4 is 11.6 Å². The zero-order chi connectivity index (χ0) is 15.5. The molecule has 0 aromatic heterocycles. The van der Waals surface area contributed by atoms with Crippen LogP contribution in [0.1, 0.15) is 16.7 Å². The molecule has 112 valence electrons. The number of aliphatic hydroxyl groups is 2.